The lowest BCUT2D eigenvalue weighted by Gasteiger charge is -2.16. The van der Waals surface area contributed by atoms with Gasteiger partial charge in [0.15, 0.2) is 5.69 Å². The van der Waals surface area contributed by atoms with Gasteiger partial charge in [-0.3, -0.25) is 4.79 Å². The summed E-state index contributed by atoms with van der Waals surface area (Å²) >= 11 is 1.12. The number of ether oxygens (including phenoxy) is 1. The Balaban J connectivity index is 1.20. The van der Waals surface area contributed by atoms with Gasteiger partial charge in [-0.05, 0) is 22.3 Å². The molecule has 2 aromatic carbocycles. The van der Waals surface area contributed by atoms with Gasteiger partial charge in [-0.15, -0.1) is 11.3 Å². The fraction of sp³-hybridized carbons (Fsp3) is 0.250. The van der Waals surface area contributed by atoms with Crippen molar-refractivity contribution in [2.45, 2.75) is 25.0 Å². The van der Waals surface area contributed by atoms with E-state index in [1.165, 1.54) is 5.38 Å². The first kappa shape index (κ1) is 23.4. The van der Waals surface area contributed by atoms with Crippen LogP contribution in [0.25, 0.3) is 11.1 Å². The van der Waals surface area contributed by atoms with Crippen LogP contribution in [0.15, 0.2) is 53.9 Å². The van der Waals surface area contributed by atoms with Crippen LogP contribution in [0.5, 0.6) is 0 Å². The van der Waals surface area contributed by atoms with Gasteiger partial charge >= 0.3 is 12.1 Å². The van der Waals surface area contributed by atoms with Gasteiger partial charge < -0.3 is 25.6 Å². The summed E-state index contributed by atoms with van der Waals surface area (Å²) in [7, 11) is 0. The van der Waals surface area contributed by atoms with Crippen LogP contribution in [0.2, 0.25) is 0 Å². The second kappa shape index (κ2) is 10.4. The van der Waals surface area contributed by atoms with Crippen molar-refractivity contribution in [3.8, 4) is 11.1 Å². The van der Waals surface area contributed by atoms with E-state index in [4.69, 9.17) is 9.84 Å². The van der Waals surface area contributed by atoms with Crippen molar-refractivity contribution in [3.63, 3.8) is 0 Å². The molecule has 0 fully saturated rings. The van der Waals surface area contributed by atoms with Crippen LogP contribution in [0, 0.1) is 0 Å². The monoisotopic (exact) mass is 481 g/mol. The van der Waals surface area contributed by atoms with Crippen LogP contribution in [0.4, 0.5) is 4.79 Å². The first-order valence-electron chi connectivity index (χ1n) is 10.6. The number of nitrogens with one attached hydrogen (secondary N) is 2. The van der Waals surface area contributed by atoms with E-state index in [9.17, 15) is 19.5 Å². The summed E-state index contributed by atoms with van der Waals surface area (Å²) in [6, 6.07) is 16.0. The number of fused-ring (bicyclic) bond motifs is 3. The molecule has 9 nitrogen and oxygen atoms in total. The number of aromatic nitrogens is 1. The maximum Gasteiger partial charge on any atom is 0.407 e. The number of carbonyl (C=O) groups excluding carboxylic acids is 2. The smallest absolute Gasteiger partial charge is 0.407 e. The molecule has 4 rings (SSSR count). The highest BCUT2D eigenvalue weighted by atomic mass is 32.1. The minimum atomic E-state index is -1.14. The minimum Gasteiger partial charge on any atom is -0.476 e. The number of hydrogen-bond acceptors (Lipinski definition) is 7. The fourth-order valence-electron chi connectivity index (χ4n) is 3.87. The van der Waals surface area contributed by atoms with Crippen LogP contribution >= 0.6 is 11.3 Å². The number of aliphatic hydroxyl groups excluding tert-OH is 1. The molecule has 1 atom stereocenters. The predicted molar refractivity (Wildman–Crippen MR) is 125 cm³/mol. The molecular formula is C24H23N3O6S. The van der Waals surface area contributed by atoms with E-state index in [0.29, 0.717) is 5.01 Å². The van der Waals surface area contributed by atoms with E-state index >= 15 is 0 Å². The van der Waals surface area contributed by atoms with Crippen molar-refractivity contribution in [1.82, 2.24) is 15.6 Å². The largest absolute Gasteiger partial charge is 0.476 e. The molecule has 1 aliphatic rings. The Hall–Kier alpha value is -3.76. The summed E-state index contributed by atoms with van der Waals surface area (Å²) in [4.78, 5) is 38.9. The zero-order chi connectivity index (χ0) is 24.1. The van der Waals surface area contributed by atoms with Gasteiger partial charge in [0.05, 0.1) is 19.1 Å². The summed E-state index contributed by atoms with van der Waals surface area (Å²) in [6.45, 7) is 0.0659. The van der Waals surface area contributed by atoms with E-state index in [1.807, 2.05) is 36.4 Å². The predicted octanol–water partition coefficient (Wildman–Crippen LogP) is 2.75. The van der Waals surface area contributed by atoms with Crippen molar-refractivity contribution < 1.29 is 29.3 Å². The number of hydrogen-bond donors (Lipinski definition) is 4. The third-order valence-corrected chi connectivity index (χ3v) is 6.30. The molecule has 1 heterocycles. The Morgan fingerprint density at radius 1 is 1.03 bits per heavy atom. The van der Waals surface area contributed by atoms with Gasteiger partial charge in [-0.2, -0.15) is 0 Å². The fourth-order valence-corrected chi connectivity index (χ4v) is 4.58. The third-order valence-electron chi connectivity index (χ3n) is 5.45. The molecule has 10 heteroatoms. The molecule has 3 aromatic rings. The van der Waals surface area contributed by atoms with Crippen LogP contribution in [0.1, 0.15) is 39.0 Å². The first-order valence-corrected chi connectivity index (χ1v) is 11.5. The number of alkyl carbamates (subject to hydrolysis) is 1. The summed E-state index contributed by atoms with van der Waals surface area (Å²) in [5.41, 5.74) is 4.38. The second-order valence-corrected chi connectivity index (χ2v) is 8.72. The lowest BCUT2D eigenvalue weighted by molar-refractivity contribution is -0.123. The number of carbonyl (C=O) groups is 3. The minimum absolute atomic E-state index is 0.0588. The number of benzene rings is 2. The van der Waals surface area contributed by atoms with Gasteiger partial charge in [0.1, 0.15) is 11.6 Å². The number of rotatable bonds is 9. The maximum atomic E-state index is 12.2. The summed E-state index contributed by atoms with van der Waals surface area (Å²) < 4.78 is 5.41. The molecule has 2 amide bonds. The molecule has 1 aromatic heterocycles. The maximum absolute atomic E-state index is 12.2. The standard InChI is InChI=1S/C24H23N3O6S/c28-14(9-21(29)25-11-22-27-20(13-34-22)23(30)31)10-26-24(32)33-12-19-17-7-3-1-5-15(17)16-6-2-4-8-18(16)19/h1-8,13-14,19,28H,9-12H2,(H,25,29)(H,26,32)(H,30,31). The SMILES string of the molecule is O=C(CC(O)CNC(=O)OCC1c2ccccc2-c2ccccc21)NCc1nc(C(=O)O)cs1. The van der Waals surface area contributed by atoms with E-state index in [-0.39, 0.29) is 37.7 Å². The van der Waals surface area contributed by atoms with Crippen molar-refractivity contribution in [1.29, 1.82) is 0 Å². The Morgan fingerprint density at radius 3 is 2.29 bits per heavy atom. The average Bonchev–Trinajstić information content (AvgIpc) is 3.43. The molecular weight excluding hydrogens is 458 g/mol. The van der Waals surface area contributed by atoms with E-state index in [0.717, 1.165) is 33.6 Å². The number of aliphatic hydroxyl groups is 1. The number of nitrogens with zero attached hydrogens (tertiary/aromatic N) is 1. The number of thiazole rings is 1. The molecule has 176 valence electrons. The molecule has 0 spiro atoms. The molecule has 1 unspecified atom stereocenters. The Morgan fingerprint density at radius 2 is 1.68 bits per heavy atom. The number of carboxylic acid groups (broad SMARTS) is 1. The normalized spacial score (nSPS) is 13.0. The lowest BCUT2D eigenvalue weighted by Crippen LogP contribution is -2.36. The van der Waals surface area contributed by atoms with Crippen LogP contribution in [-0.2, 0) is 16.1 Å². The van der Waals surface area contributed by atoms with Gasteiger partial charge in [0.2, 0.25) is 5.91 Å². The number of carboxylic acids is 1. The number of amides is 2. The van der Waals surface area contributed by atoms with Crippen molar-refractivity contribution in [3.05, 3.63) is 75.7 Å². The van der Waals surface area contributed by atoms with Crippen molar-refractivity contribution in [2.75, 3.05) is 13.2 Å². The Kier molecular flexibility index (Phi) is 7.19. The van der Waals surface area contributed by atoms with Crippen molar-refractivity contribution >= 4 is 29.3 Å². The molecule has 34 heavy (non-hydrogen) atoms. The molecule has 4 N–H and O–H groups in total. The molecule has 0 saturated carbocycles. The third kappa shape index (κ3) is 5.41. The highest BCUT2D eigenvalue weighted by Gasteiger charge is 2.29. The van der Waals surface area contributed by atoms with E-state index in [1.54, 1.807) is 0 Å². The first-order chi connectivity index (χ1) is 16.4. The van der Waals surface area contributed by atoms with Crippen molar-refractivity contribution in [2.24, 2.45) is 0 Å². The topological polar surface area (TPSA) is 138 Å². The van der Waals surface area contributed by atoms with Gasteiger partial charge in [0, 0.05) is 17.8 Å². The van der Waals surface area contributed by atoms with E-state index < -0.39 is 24.1 Å². The van der Waals surface area contributed by atoms with Crippen LogP contribution in [0.3, 0.4) is 0 Å². The van der Waals surface area contributed by atoms with Gasteiger partial charge in [0.25, 0.3) is 0 Å². The summed E-state index contributed by atoms with van der Waals surface area (Å²) in [6.07, 6.45) is -2.02. The Bertz CT molecular complexity index is 1170. The van der Waals surface area contributed by atoms with Crippen LogP contribution in [-0.4, -0.2) is 52.4 Å². The highest BCUT2D eigenvalue weighted by Crippen LogP contribution is 2.44. The molecule has 1 aliphatic carbocycles. The molecule has 0 saturated heterocycles. The zero-order valence-electron chi connectivity index (χ0n) is 18.1. The van der Waals surface area contributed by atoms with Gasteiger partial charge in [-0.1, -0.05) is 48.5 Å². The molecule has 0 radical (unpaired) electrons. The van der Waals surface area contributed by atoms with Crippen LogP contribution < -0.4 is 10.6 Å². The average molecular weight is 482 g/mol. The highest BCUT2D eigenvalue weighted by molar-refractivity contribution is 7.09. The van der Waals surface area contributed by atoms with Gasteiger partial charge in [-0.25, -0.2) is 14.6 Å². The molecule has 0 aliphatic heterocycles. The quantitative estimate of drug-likeness (QED) is 0.369. The summed E-state index contributed by atoms with van der Waals surface area (Å²) in [5, 5.41) is 25.8. The van der Waals surface area contributed by atoms with E-state index in [2.05, 4.69) is 27.8 Å². The molecule has 0 bridgehead atoms. The Labute approximate surface area is 199 Å². The zero-order valence-corrected chi connectivity index (χ0v) is 18.9. The summed E-state index contributed by atoms with van der Waals surface area (Å²) in [5.74, 6) is -1.65. The second-order valence-electron chi connectivity index (χ2n) is 7.77. The number of aromatic carboxylic acids is 1. The lowest BCUT2D eigenvalue weighted by atomic mass is 9.98.